The maximum Gasteiger partial charge on any atom is 0.416 e. The number of imide groups is 1. The maximum atomic E-state index is 11.7. The van der Waals surface area contributed by atoms with Crippen molar-refractivity contribution in [3.8, 4) is 11.5 Å². The fourth-order valence-corrected chi connectivity index (χ4v) is 2.18. The Kier molecular flexibility index (Phi) is 6.60. The lowest BCUT2D eigenvalue weighted by atomic mass is 10.2. The summed E-state index contributed by atoms with van der Waals surface area (Å²) in [6, 6.07) is 5.22. The molecule has 1 fully saturated rings. The molecule has 140 valence electrons. The molecular formula is C18H21NO7. The SMILES string of the molecule is COc1cc(/C=C/C(=O)OCC(=O)N2CCOC2=O)ccc1OC(C)C. The summed E-state index contributed by atoms with van der Waals surface area (Å²) in [5, 5.41) is 0. The van der Waals surface area contributed by atoms with Gasteiger partial charge in [-0.1, -0.05) is 6.07 Å². The number of rotatable bonds is 7. The molecule has 0 saturated carbocycles. The topological polar surface area (TPSA) is 91.4 Å². The van der Waals surface area contributed by atoms with E-state index in [-0.39, 0.29) is 19.3 Å². The molecule has 8 nitrogen and oxygen atoms in total. The number of benzene rings is 1. The highest BCUT2D eigenvalue weighted by Crippen LogP contribution is 2.29. The van der Waals surface area contributed by atoms with E-state index in [1.165, 1.54) is 19.3 Å². The summed E-state index contributed by atoms with van der Waals surface area (Å²) in [5.74, 6) is -0.180. The van der Waals surface area contributed by atoms with Crippen molar-refractivity contribution in [3.63, 3.8) is 0 Å². The van der Waals surface area contributed by atoms with Crippen LogP contribution in [0.5, 0.6) is 11.5 Å². The van der Waals surface area contributed by atoms with E-state index >= 15 is 0 Å². The van der Waals surface area contributed by atoms with Crippen molar-refractivity contribution < 1.29 is 33.3 Å². The first kappa shape index (κ1) is 19.3. The van der Waals surface area contributed by atoms with E-state index in [4.69, 9.17) is 14.2 Å². The number of amides is 2. The minimum atomic E-state index is -0.725. The third-order valence-electron chi connectivity index (χ3n) is 3.36. The Labute approximate surface area is 151 Å². The molecule has 1 aromatic rings. The molecule has 1 aliphatic heterocycles. The van der Waals surface area contributed by atoms with Gasteiger partial charge < -0.3 is 18.9 Å². The van der Waals surface area contributed by atoms with Gasteiger partial charge in [0.2, 0.25) is 0 Å². The van der Waals surface area contributed by atoms with E-state index < -0.39 is 24.6 Å². The first-order valence-corrected chi connectivity index (χ1v) is 8.07. The van der Waals surface area contributed by atoms with Crippen molar-refractivity contribution in [2.24, 2.45) is 0 Å². The summed E-state index contributed by atoms with van der Waals surface area (Å²) in [4.78, 5) is 35.6. The Hall–Kier alpha value is -3.03. The summed E-state index contributed by atoms with van der Waals surface area (Å²) in [7, 11) is 1.53. The molecule has 1 aliphatic rings. The van der Waals surface area contributed by atoms with E-state index in [9.17, 15) is 14.4 Å². The Morgan fingerprint density at radius 2 is 2.08 bits per heavy atom. The van der Waals surface area contributed by atoms with Gasteiger partial charge >= 0.3 is 12.1 Å². The molecule has 1 heterocycles. The number of methoxy groups -OCH3 is 1. The highest BCUT2D eigenvalue weighted by Gasteiger charge is 2.28. The largest absolute Gasteiger partial charge is 0.493 e. The number of nitrogens with zero attached hydrogens (tertiary/aromatic N) is 1. The van der Waals surface area contributed by atoms with Gasteiger partial charge in [-0.25, -0.2) is 14.5 Å². The molecule has 1 saturated heterocycles. The zero-order valence-corrected chi connectivity index (χ0v) is 14.9. The lowest BCUT2D eigenvalue weighted by molar-refractivity contribution is -0.146. The predicted molar refractivity (Wildman–Crippen MR) is 91.8 cm³/mol. The second-order valence-electron chi connectivity index (χ2n) is 5.68. The van der Waals surface area contributed by atoms with Crippen LogP contribution in [0.1, 0.15) is 19.4 Å². The molecule has 0 aliphatic carbocycles. The van der Waals surface area contributed by atoms with Crippen LogP contribution < -0.4 is 9.47 Å². The number of ether oxygens (including phenoxy) is 4. The Morgan fingerprint density at radius 3 is 2.69 bits per heavy atom. The van der Waals surface area contributed by atoms with Crippen LogP contribution in [0.15, 0.2) is 24.3 Å². The molecule has 0 N–H and O–H groups in total. The second-order valence-corrected chi connectivity index (χ2v) is 5.68. The molecule has 0 radical (unpaired) electrons. The summed E-state index contributed by atoms with van der Waals surface area (Å²) < 4.78 is 20.4. The predicted octanol–water partition coefficient (Wildman–Crippen LogP) is 2.02. The minimum Gasteiger partial charge on any atom is -0.493 e. The zero-order valence-electron chi connectivity index (χ0n) is 14.9. The van der Waals surface area contributed by atoms with Gasteiger partial charge in [0, 0.05) is 6.08 Å². The van der Waals surface area contributed by atoms with Gasteiger partial charge in [-0.2, -0.15) is 0 Å². The van der Waals surface area contributed by atoms with Crippen LogP contribution in [0, 0.1) is 0 Å². The molecule has 8 heteroatoms. The van der Waals surface area contributed by atoms with Crippen molar-refractivity contribution in [1.29, 1.82) is 0 Å². The van der Waals surface area contributed by atoms with Crippen LogP contribution >= 0.6 is 0 Å². The monoisotopic (exact) mass is 363 g/mol. The Balaban J connectivity index is 1.91. The van der Waals surface area contributed by atoms with E-state index in [0.29, 0.717) is 17.1 Å². The number of carbonyl (C=O) groups excluding carboxylic acids is 3. The van der Waals surface area contributed by atoms with Gasteiger partial charge in [-0.3, -0.25) is 4.79 Å². The third-order valence-corrected chi connectivity index (χ3v) is 3.36. The Bertz CT molecular complexity index is 711. The quantitative estimate of drug-likeness (QED) is 0.540. The van der Waals surface area contributed by atoms with Crippen LogP contribution in [0.3, 0.4) is 0 Å². The van der Waals surface area contributed by atoms with Crippen LogP contribution in [0.4, 0.5) is 4.79 Å². The van der Waals surface area contributed by atoms with Gasteiger partial charge in [-0.05, 0) is 37.6 Å². The average Bonchev–Trinajstić information content (AvgIpc) is 3.04. The normalized spacial score (nSPS) is 13.8. The molecule has 0 spiro atoms. The number of carbonyl (C=O) groups is 3. The van der Waals surface area contributed by atoms with Crippen molar-refractivity contribution in [3.05, 3.63) is 29.8 Å². The standard InChI is InChI=1S/C18H21NO7/c1-12(2)26-14-6-4-13(10-15(14)23-3)5-7-17(21)25-11-16(20)19-8-9-24-18(19)22/h4-7,10,12H,8-9,11H2,1-3H3/b7-5+. The fourth-order valence-electron chi connectivity index (χ4n) is 2.18. The molecular weight excluding hydrogens is 342 g/mol. The van der Waals surface area contributed by atoms with Crippen LogP contribution in [-0.2, 0) is 19.1 Å². The maximum absolute atomic E-state index is 11.7. The molecule has 0 atom stereocenters. The first-order chi connectivity index (χ1) is 12.4. The van der Waals surface area contributed by atoms with Gasteiger partial charge in [0.25, 0.3) is 5.91 Å². The lowest BCUT2D eigenvalue weighted by Gasteiger charge is -2.13. The second kappa shape index (κ2) is 8.89. The number of hydrogen-bond acceptors (Lipinski definition) is 7. The average molecular weight is 363 g/mol. The molecule has 0 bridgehead atoms. The molecule has 0 aromatic heterocycles. The first-order valence-electron chi connectivity index (χ1n) is 8.07. The number of cyclic esters (lactones) is 1. The van der Waals surface area contributed by atoms with Gasteiger partial charge in [0.05, 0.1) is 19.8 Å². The molecule has 2 rings (SSSR count). The Morgan fingerprint density at radius 1 is 1.31 bits per heavy atom. The zero-order chi connectivity index (χ0) is 19.1. The smallest absolute Gasteiger partial charge is 0.416 e. The van der Waals surface area contributed by atoms with Crippen molar-refractivity contribution >= 4 is 24.0 Å². The van der Waals surface area contributed by atoms with Gasteiger partial charge in [-0.15, -0.1) is 0 Å². The lowest BCUT2D eigenvalue weighted by Crippen LogP contribution is -2.35. The molecule has 0 unspecified atom stereocenters. The summed E-state index contributed by atoms with van der Waals surface area (Å²) >= 11 is 0. The summed E-state index contributed by atoms with van der Waals surface area (Å²) in [6.07, 6.45) is 1.99. The molecule has 26 heavy (non-hydrogen) atoms. The van der Waals surface area contributed by atoms with Gasteiger partial charge in [0.15, 0.2) is 18.1 Å². The van der Waals surface area contributed by atoms with E-state index in [0.717, 1.165) is 4.90 Å². The number of hydrogen-bond donors (Lipinski definition) is 0. The fraction of sp³-hybridized carbons (Fsp3) is 0.389. The van der Waals surface area contributed by atoms with E-state index in [2.05, 4.69) is 4.74 Å². The molecule has 2 amide bonds. The number of esters is 1. The van der Waals surface area contributed by atoms with E-state index in [1.807, 2.05) is 13.8 Å². The summed E-state index contributed by atoms with van der Waals surface area (Å²) in [5.41, 5.74) is 0.698. The summed E-state index contributed by atoms with van der Waals surface area (Å²) in [6.45, 7) is 3.61. The van der Waals surface area contributed by atoms with Crippen LogP contribution in [0.2, 0.25) is 0 Å². The minimum absolute atomic E-state index is 0.00527. The third kappa shape index (κ3) is 5.23. The van der Waals surface area contributed by atoms with Gasteiger partial charge in [0.1, 0.15) is 6.61 Å². The van der Waals surface area contributed by atoms with Crippen molar-refractivity contribution in [2.75, 3.05) is 26.9 Å². The van der Waals surface area contributed by atoms with Crippen LogP contribution in [0.25, 0.3) is 6.08 Å². The highest BCUT2D eigenvalue weighted by atomic mass is 16.6. The van der Waals surface area contributed by atoms with Crippen LogP contribution in [-0.4, -0.2) is 55.8 Å². The van der Waals surface area contributed by atoms with E-state index in [1.54, 1.807) is 18.2 Å². The molecule has 1 aromatic carbocycles. The van der Waals surface area contributed by atoms with Crippen molar-refractivity contribution in [2.45, 2.75) is 20.0 Å². The van der Waals surface area contributed by atoms with Crippen molar-refractivity contribution in [1.82, 2.24) is 4.90 Å². The highest BCUT2D eigenvalue weighted by molar-refractivity contribution is 5.95.